The molecule has 0 N–H and O–H groups in total. The molecule has 1 fully saturated rings. The number of carbonyl (C=O) groups is 1. The van der Waals surface area contributed by atoms with Gasteiger partial charge in [-0.3, -0.25) is 9.59 Å². The van der Waals surface area contributed by atoms with Crippen LogP contribution in [0.25, 0.3) is 11.1 Å². The molecule has 0 spiro atoms. The van der Waals surface area contributed by atoms with Gasteiger partial charge < -0.3 is 9.47 Å². The maximum Gasteiger partial charge on any atom is 0.253 e. The zero-order valence-corrected chi connectivity index (χ0v) is 17.8. The van der Waals surface area contributed by atoms with Crippen molar-refractivity contribution in [3.05, 3.63) is 88.3 Å². The number of hydrogen-bond donors (Lipinski definition) is 0. The van der Waals surface area contributed by atoms with Gasteiger partial charge in [-0.05, 0) is 54.5 Å². The molecule has 5 heteroatoms. The number of nitrogens with zero attached hydrogens (tertiary/aromatic N) is 2. The van der Waals surface area contributed by atoms with Gasteiger partial charge in [0.05, 0.1) is 0 Å². The molecule has 5 rings (SSSR count). The van der Waals surface area contributed by atoms with E-state index in [9.17, 15) is 9.59 Å². The summed E-state index contributed by atoms with van der Waals surface area (Å²) in [5.41, 5.74) is 4.12. The van der Waals surface area contributed by atoms with Gasteiger partial charge in [-0.25, -0.2) is 0 Å². The number of fused-ring (bicyclic) bond motifs is 4. The van der Waals surface area contributed by atoms with Gasteiger partial charge in [0.15, 0.2) is 0 Å². The lowest BCUT2D eigenvalue weighted by atomic mass is 9.80. The molecule has 3 heterocycles. The largest absolute Gasteiger partial charge is 0.338 e. The van der Waals surface area contributed by atoms with Crippen LogP contribution in [-0.2, 0) is 6.54 Å². The summed E-state index contributed by atoms with van der Waals surface area (Å²) < 4.78 is 1.96. The van der Waals surface area contributed by atoms with Crippen molar-refractivity contribution < 1.29 is 4.79 Å². The molecule has 0 saturated carbocycles. The van der Waals surface area contributed by atoms with Crippen LogP contribution in [0.3, 0.4) is 0 Å². The molecule has 3 aromatic rings. The number of benzene rings is 2. The fourth-order valence-electron chi connectivity index (χ4n) is 4.96. The highest BCUT2D eigenvalue weighted by atomic mass is 32.2. The average Bonchev–Trinajstić information content (AvgIpc) is 2.80. The van der Waals surface area contributed by atoms with Gasteiger partial charge in [0.2, 0.25) is 0 Å². The summed E-state index contributed by atoms with van der Waals surface area (Å²) >= 11 is 1.72. The molecule has 152 valence electrons. The summed E-state index contributed by atoms with van der Waals surface area (Å²) in [5.74, 6) is 0.577. The number of rotatable bonds is 3. The normalized spacial score (nSPS) is 20.0. The monoisotopic (exact) mass is 416 g/mol. The van der Waals surface area contributed by atoms with Crippen LogP contribution >= 0.6 is 11.8 Å². The average molecular weight is 417 g/mol. The summed E-state index contributed by atoms with van der Waals surface area (Å²) in [6.45, 7) is 2.05. The quantitative estimate of drug-likeness (QED) is 0.591. The second kappa shape index (κ2) is 7.80. The van der Waals surface area contributed by atoms with Crippen molar-refractivity contribution in [3.8, 4) is 11.1 Å². The van der Waals surface area contributed by atoms with Crippen LogP contribution in [0.4, 0.5) is 0 Å². The van der Waals surface area contributed by atoms with Crippen LogP contribution in [0.2, 0.25) is 0 Å². The molecular weight excluding hydrogens is 392 g/mol. The van der Waals surface area contributed by atoms with Crippen LogP contribution < -0.4 is 5.56 Å². The van der Waals surface area contributed by atoms with Gasteiger partial charge in [-0.1, -0.05) is 30.3 Å². The number of pyridine rings is 1. The SMILES string of the molecule is CSc1ccc(-c2ccc(=O)n3c2C2CC(CN(C(=O)c4ccccc4)C2)C3)cc1. The summed E-state index contributed by atoms with van der Waals surface area (Å²) in [5, 5.41) is 0. The van der Waals surface area contributed by atoms with Crippen LogP contribution in [0, 0.1) is 5.92 Å². The van der Waals surface area contributed by atoms with E-state index in [-0.39, 0.29) is 17.4 Å². The van der Waals surface area contributed by atoms with Crippen molar-refractivity contribution in [2.45, 2.75) is 23.8 Å². The molecule has 2 bridgehead atoms. The molecule has 2 aliphatic heterocycles. The second-order valence-electron chi connectivity index (χ2n) is 8.18. The predicted molar refractivity (Wildman–Crippen MR) is 121 cm³/mol. The van der Waals surface area contributed by atoms with E-state index >= 15 is 0 Å². The third kappa shape index (κ3) is 3.37. The van der Waals surface area contributed by atoms with Gasteiger partial charge in [0, 0.05) is 53.3 Å². The fourth-order valence-corrected chi connectivity index (χ4v) is 5.37. The summed E-state index contributed by atoms with van der Waals surface area (Å²) in [6, 6.07) is 21.7. The number of hydrogen-bond acceptors (Lipinski definition) is 3. The first-order valence-corrected chi connectivity index (χ1v) is 11.6. The molecule has 2 aromatic carbocycles. The van der Waals surface area contributed by atoms with E-state index in [1.54, 1.807) is 17.8 Å². The highest BCUT2D eigenvalue weighted by molar-refractivity contribution is 7.98. The van der Waals surface area contributed by atoms with Crippen molar-refractivity contribution in [1.82, 2.24) is 9.47 Å². The Balaban J connectivity index is 1.53. The van der Waals surface area contributed by atoms with Crippen molar-refractivity contribution in [2.24, 2.45) is 5.92 Å². The van der Waals surface area contributed by atoms with Crippen LogP contribution in [0.5, 0.6) is 0 Å². The minimum absolute atomic E-state index is 0.0621. The zero-order chi connectivity index (χ0) is 20.7. The van der Waals surface area contributed by atoms with Crippen LogP contribution in [0.15, 0.2) is 76.4 Å². The molecule has 2 aliphatic rings. The highest BCUT2D eigenvalue weighted by Gasteiger charge is 2.38. The van der Waals surface area contributed by atoms with Gasteiger partial charge in [0.1, 0.15) is 0 Å². The second-order valence-corrected chi connectivity index (χ2v) is 9.06. The van der Waals surface area contributed by atoms with Gasteiger partial charge in [0.25, 0.3) is 11.5 Å². The van der Waals surface area contributed by atoms with Crippen molar-refractivity contribution in [3.63, 3.8) is 0 Å². The summed E-state index contributed by atoms with van der Waals surface area (Å²) in [7, 11) is 0. The molecule has 2 atom stereocenters. The Morgan fingerprint density at radius 3 is 2.43 bits per heavy atom. The van der Waals surface area contributed by atoms with Crippen molar-refractivity contribution in [2.75, 3.05) is 19.3 Å². The van der Waals surface area contributed by atoms with Crippen molar-refractivity contribution in [1.29, 1.82) is 0 Å². The third-order valence-corrected chi connectivity index (χ3v) is 7.04. The first-order valence-electron chi connectivity index (χ1n) is 10.4. The molecule has 2 unspecified atom stereocenters. The van der Waals surface area contributed by atoms with Crippen molar-refractivity contribution >= 4 is 17.7 Å². The Hall–Kier alpha value is -2.79. The van der Waals surface area contributed by atoms with Crippen LogP contribution in [0.1, 0.15) is 28.4 Å². The van der Waals surface area contributed by atoms with E-state index in [0.29, 0.717) is 25.6 Å². The van der Waals surface area contributed by atoms with Gasteiger partial charge >= 0.3 is 0 Å². The number of likely N-dealkylation sites (tertiary alicyclic amines) is 1. The van der Waals surface area contributed by atoms with E-state index in [1.165, 1.54) is 4.90 Å². The smallest absolute Gasteiger partial charge is 0.253 e. The predicted octanol–water partition coefficient (Wildman–Crippen LogP) is 4.50. The maximum atomic E-state index is 13.1. The number of thioether (sulfide) groups is 1. The van der Waals surface area contributed by atoms with Gasteiger partial charge in [-0.2, -0.15) is 0 Å². The Morgan fingerprint density at radius 1 is 0.933 bits per heavy atom. The van der Waals surface area contributed by atoms with E-state index in [0.717, 1.165) is 28.8 Å². The number of piperidine rings is 1. The molecular formula is C25H24N2O2S. The lowest BCUT2D eigenvalue weighted by molar-refractivity contribution is 0.0595. The molecule has 0 radical (unpaired) electrons. The molecule has 0 aliphatic carbocycles. The van der Waals surface area contributed by atoms with Gasteiger partial charge in [-0.15, -0.1) is 11.8 Å². The van der Waals surface area contributed by atoms with Crippen LogP contribution in [-0.4, -0.2) is 34.7 Å². The first kappa shape index (κ1) is 19.2. The van der Waals surface area contributed by atoms with E-state index in [1.807, 2.05) is 45.9 Å². The Bertz CT molecular complexity index is 1140. The zero-order valence-electron chi connectivity index (χ0n) is 17.0. The molecule has 1 aromatic heterocycles. The minimum atomic E-state index is 0.0621. The Morgan fingerprint density at radius 2 is 1.70 bits per heavy atom. The lowest BCUT2D eigenvalue weighted by Gasteiger charge is -2.43. The summed E-state index contributed by atoms with van der Waals surface area (Å²) in [6.07, 6.45) is 3.09. The standard InChI is InChI=1S/C25H24N2O2S/c1-30-21-9-7-18(8-10-21)22-11-12-23(28)27-15-17-13-20(24(22)27)16-26(14-17)25(29)19-5-3-2-4-6-19/h2-12,17,20H,13-16H2,1H3. The molecule has 1 saturated heterocycles. The first-order chi connectivity index (χ1) is 14.6. The van der Waals surface area contributed by atoms with E-state index in [2.05, 4.69) is 30.5 Å². The highest BCUT2D eigenvalue weighted by Crippen LogP contribution is 2.40. The number of aromatic nitrogens is 1. The molecule has 30 heavy (non-hydrogen) atoms. The molecule has 4 nitrogen and oxygen atoms in total. The summed E-state index contributed by atoms with van der Waals surface area (Å²) in [4.78, 5) is 29.0. The number of carbonyl (C=O) groups excluding carboxylic acids is 1. The van der Waals surface area contributed by atoms with E-state index < -0.39 is 0 Å². The lowest BCUT2D eigenvalue weighted by Crippen LogP contribution is -2.49. The topological polar surface area (TPSA) is 42.3 Å². The van der Waals surface area contributed by atoms with E-state index in [4.69, 9.17) is 0 Å². The molecule has 1 amide bonds. The number of amides is 1. The third-order valence-electron chi connectivity index (χ3n) is 6.30. The maximum absolute atomic E-state index is 13.1. The minimum Gasteiger partial charge on any atom is -0.338 e. The Kier molecular flexibility index (Phi) is 4.99. The fraction of sp³-hybridized carbons (Fsp3) is 0.280. The Labute approximate surface area is 180 Å².